The average Bonchev–Trinajstić information content (AvgIpc) is 2.48. The largest absolute Gasteiger partial charge is 0.403 e. The van der Waals surface area contributed by atoms with Gasteiger partial charge in [-0.3, -0.25) is 0 Å². The molecular formula is C9H10F6O. The average molecular weight is 248 g/mol. The van der Waals surface area contributed by atoms with Crippen LogP contribution in [0.25, 0.3) is 0 Å². The zero-order valence-electron chi connectivity index (χ0n) is 8.07. The lowest BCUT2D eigenvalue weighted by Gasteiger charge is -2.28. The van der Waals surface area contributed by atoms with E-state index in [4.69, 9.17) is 0 Å². The molecule has 0 aromatic rings. The molecule has 0 aromatic carbocycles. The Kier molecular flexibility index (Phi) is 3.56. The molecule has 1 rings (SSSR count). The Morgan fingerprint density at radius 2 is 1.56 bits per heavy atom. The number of hydrogen-bond donors (Lipinski definition) is 1. The Labute approximate surface area is 87.8 Å². The van der Waals surface area contributed by atoms with E-state index in [1.54, 1.807) is 0 Å². The summed E-state index contributed by atoms with van der Waals surface area (Å²) in [5, 5.41) is 9.17. The van der Waals surface area contributed by atoms with Gasteiger partial charge in [0.1, 0.15) is 0 Å². The third-order valence-electron chi connectivity index (χ3n) is 2.48. The molecule has 0 aromatic heterocycles. The Balaban J connectivity index is 2.93. The van der Waals surface area contributed by atoms with Gasteiger partial charge >= 0.3 is 12.4 Å². The maximum atomic E-state index is 12.2. The van der Waals surface area contributed by atoms with Crippen LogP contribution in [0.1, 0.15) is 19.3 Å². The first-order valence-electron chi connectivity index (χ1n) is 4.64. The van der Waals surface area contributed by atoms with Crippen molar-refractivity contribution in [3.63, 3.8) is 0 Å². The molecule has 0 heterocycles. The minimum absolute atomic E-state index is 0.0871. The van der Waals surface area contributed by atoms with Crippen LogP contribution in [0, 0.1) is 5.92 Å². The first-order valence-corrected chi connectivity index (χ1v) is 4.64. The predicted octanol–water partition coefficient (Wildman–Crippen LogP) is 3.20. The molecule has 1 atom stereocenters. The molecule has 94 valence electrons. The molecule has 1 nitrogen and oxygen atoms in total. The zero-order chi connectivity index (χ0) is 12.6. The van der Waals surface area contributed by atoms with E-state index in [1.807, 2.05) is 0 Å². The summed E-state index contributed by atoms with van der Waals surface area (Å²) >= 11 is 0. The van der Waals surface area contributed by atoms with Crippen molar-refractivity contribution in [2.24, 2.45) is 5.92 Å². The predicted molar refractivity (Wildman–Crippen MR) is 43.5 cm³/mol. The molecule has 16 heavy (non-hydrogen) atoms. The van der Waals surface area contributed by atoms with Crippen molar-refractivity contribution < 1.29 is 31.4 Å². The number of halogens is 6. The molecule has 0 saturated carbocycles. The van der Waals surface area contributed by atoms with Crippen LogP contribution in [0.5, 0.6) is 0 Å². The molecule has 7 heteroatoms. The molecule has 1 aliphatic rings. The Morgan fingerprint density at radius 3 is 1.88 bits per heavy atom. The van der Waals surface area contributed by atoms with Gasteiger partial charge in [-0.05, 0) is 24.8 Å². The van der Waals surface area contributed by atoms with E-state index < -0.39 is 24.4 Å². The standard InChI is InChI=1S/C9H10F6O/c10-8(11,12)7(9(13,14)15)6(16)5-3-1-2-4-5/h3,6-7,16H,1-2,4H2. The topological polar surface area (TPSA) is 20.2 Å². The zero-order valence-corrected chi connectivity index (χ0v) is 8.07. The number of hydrogen-bond acceptors (Lipinski definition) is 1. The first-order chi connectivity index (χ1) is 7.14. The van der Waals surface area contributed by atoms with Gasteiger partial charge < -0.3 is 5.11 Å². The molecule has 0 spiro atoms. The van der Waals surface area contributed by atoms with E-state index in [-0.39, 0.29) is 12.0 Å². The molecule has 1 unspecified atom stereocenters. The third kappa shape index (κ3) is 2.90. The highest BCUT2D eigenvalue weighted by atomic mass is 19.4. The third-order valence-corrected chi connectivity index (χ3v) is 2.48. The summed E-state index contributed by atoms with van der Waals surface area (Å²) in [6.07, 6.45) is -11.3. The molecule has 1 N–H and O–H groups in total. The van der Waals surface area contributed by atoms with Crippen LogP contribution in [-0.2, 0) is 0 Å². The van der Waals surface area contributed by atoms with Gasteiger partial charge in [0.2, 0.25) is 0 Å². The van der Waals surface area contributed by atoms with E-state index in [0.29, 0.717) is 12.8 Å². The monoisotopic (exact) mass is 248 g/mol. The highest BCUT2D eigenvalue weighted by Crippen LogP contribution is 2.44. The van der Waals surface area contributed by atoms with Gasteiger partial charge in [0.15, 0.2) is 5.92 Å². The fraction of sp³-hybridized carbons (Fsp3) is 0.778. The quantitative estimate of drug-likeness (QED) is 0.587. The lowest BCUT2D eigenvalue weighted by Crippen LogP contribution is -2.45. The lowest BCUT2D eigenvalue weighted by molar-refractivity contribution is -0.302. The molecule has 0 saturated heterocycles. The normalized spacial score (nSPS) is 20.1. The summed E-state index contributed by atoms with van der Waals surface area (Å²) in [6.45, 7) is 0. The minimum atomic E-state index is -5.49. The van der Waals surface area contributed by atoms with Gasteiger partial charge in [-0.2, -0.15) is 26.3 Å². The summed E-state index contributed by atoms with van der Waals surface area (Å²) in [6, 6.07) is 0. The Bertz CT molecular complexity index is 263. The van der Waals surface area contributed by atoms with Gasteiger partial charge in [-0.25, -0.2) is 0 Å². The molecular weight excluding hydrogens is 238 g/mol. The van der Waals surface area contributed by atoms with Crippen molar-refractivity contribution in [1.82, 2.24) is 0 Å². The number of allylic oxidation sites excluding steroid dienone is 1. The number of aliphatic hydroxyl groups is 1. The second kappa shape index (κ2) is 4.27. The van der Waals surface area contributed by atoms with Crippen LogP contribution < -0.4 is 0 Å². The van der Waals surface area contributed by atoms with Crippen molar-refractivity contribution in [3.05, 3.63) is 11.6 Å². The molecule has 0 radical (unpaired) electrons. The second-order valence-corrected chi connectivity index (χ2v) is 3.68. The fourth-order valence-electron chi connectivity index (χ4n) is 1.72. The second-order valence-electron chi connectivity index (χ2n) is 3.68. The molecule has 0 bridgehead atoms. The first kappa shape index (κ1) is 13.3. The van der Waals surface area contributed by atoms with Crippen LogP contribution in [0.3, 0.4) is 0 Å². The Morgan fingerprint density at radius 1 is 1.06 bits per heavy atom. The summed E-state index contributed by atoms with van der Waals surface area (Å²) in [5.74, 6) is -3.69. The van der Waals surface area contributed by atoms with Gasteiger partial charge in [0.05, 0.1) is 6.10 Å². The molecule has 1 aliphatic carbocycles. The number of aliphatic hydroxyl groups excluding tert-OH is 1. The van der Waals surface area contributed by atoms with E-state index in [2.05, 4.69) is 0 Å². The highest BCUT2D eigenvalue weighted by Gasteiger charge is 2.60. The van der Waals surface area contributed by atoms with Gasteiger partial charge in [-0.15, -0.1) is 0 Å². The smallest absolute Gasteiger partial charge is 0.388 e. The van der Waals surface area contributed by atoms with Crippen LogP contribution in [0.2, 0.25) is 0 Å². The van der Waals surface area contributed by atoms with E-state index in [9.17, 15) is 31.4 Å². The van der Waals surface area contributed by atoms with Crippen LogP contribution in [0.4, 0.5) is 26.3 Å². The maximum absolute atomic E-state index is 12.2. The highest BCUT2D eigenvalue weighted by molar-refractivity contribution is 5.15. The Hall–Kier alpha value is -0.720. The van der Waals surface area contributed by atoms with Crippen LogP contribution >= 0.6 is 0 Å². The molecule has 0 fully saturated rings. The van der Waals surface area contributed by atoms with E-state index >= 15 is 0 Å². The van der Waals surface area contributed by atoms with Crippen molar-refractivity contribution in [2.75, 3.05) is 0 Å². The van der Waals surface area contributed by atoms with E-state index in [0.717, 1.165) is 0 Å². The fourth-order valence-corrected chi connectivity index (χ4v) is 1.72. The minimum Gasteiger partial charge on any atom is -0.388 e. The van der Waals surface area contributed by atoms with Crippen LogP contribution in [0.15, 0.2) is 11.6 Å². The van der Waals surface area contributed by atoms with Gasteiger partial charge in [0.25, 0.3) is 0 Å². The SMILES string of the molecule is OC(C1=CCCC1)C(C(F)(F)F)C(F)(F)F. The summed E-state index contributed by atoms with van der Waals surface area (Å²) in [5.41, 5.74) is -0.167. The van der Waals surface area contributed by atoms with Crippen molar-refractivity contribution >= 4 is 0 Å². The molecule has 0 amide bonds. The van der Waals surface area contributed by atoms with Gasteiger partial charge in [-0.1, -0.05) is 6.08 Å². The number of rotatable bonds is 2. The molecule has 0 aliphatic heterocycles. The van der Waals surface area contributed by atoms with Crippen molar-refractivity contribution in [3.8, 4) is 0 Å². The van der Waals surface area contributed by atoms with Crippen molar-refractivity contribution in [2.45, 2.75) is 37.7 Å². The van der Waals surface area contributed by atoms with Crippen molar-refractivity contribution in [1.29, 1.82) is 0 Å². The lowest BCUT2D eigenvalue weighted by atomic mass is 9.94. The summed E-state index contributed by atoms with van der Waals surface area (Å²) in [4.78, 5) is 0. The summed E-state index contributed by atoms with van der Waals surface area (Å²) < 4.78 is 73.3. The maximum Gasteiger partial charge on any atom is 0.403 e. The number of alkyl halides is 6. The van der Waals surface area contributed by atoms with Gasteiger partial charge in [0, 0.05) is 0 Å². The van der Waals surface area contributed by atoms with E-state index in [1.165, 1.54) is 6.08 Å². The van der Waals surface area contributed by atoms with Crippen LogP contribution in [-0.4, -0.2) is 23.6 Å². The summed E-state index contributed by atoms with van der Waals surface area (Å²) in [7, 11) is 0.